The van der Waals surface area contributed by atoms with Gasteiger partial charge in [-0.05, 0) is 40.8 Å². The van der Waals surface area contributed by atoms with Crippen LogP contribution in [0.3, 0.4) is 0 Å². The Bertz CT molecular complexity index is 322. The number of aliphatic hydroxyl groups excluding tert-OH is 1. The maximum absolute atomic E-state index is 9.27. The number of methoxy groups -OCH3 is 1. The molecule has 2 N–H and O–H groups in total. The van der Waals surface area contributed by atoms with Crippen LogP contribution in [0.25, 0.3) is 0 Å². The first-order valence-electron chi connectivity index (χ1n) is 4.48. The number of hydrogen-bond acceptors (Lipinski definition) is 3. The van der Waals surface area contributed by atoms with E-state index in [1.807, 2.05) is 18.2 Å². The third-order valence-corrected chi connectivity index (χ3v) is 3.07. The summed E-state index contributed by atoms with van der Waals surface area (Å²) in [4.78, 5) is 0. The summed E-state index contributed by atoms with van der Waals surface area (Å²) in [5, 5.41) is 12.4. The van der Waals surface area contributed by atoms with Crippen LogP contribution in [0.5, 0.6) is 5.75 Å². The Morgan fingerprint density at radius 3 is 2.87 bits per heavy atom. The number of benzene rings is 1. The van der Waals surface area contributed by atoms with Crippen LogP contribution in [-0.4, -0.2) is 30.7 Å². The van der Waals surface area contributed by atoms with Crippen LogP contribution in [0.15, 0.2) is 18.2 Å². The van der Waals surface area contributed by atoms with Crippen molar-refractivity contribution in [2.45, 2.75) is 6.10 Å². The monoisotopic (exact) mass is 341 g/mol. The van der Waals surface area contributed by atoms with E-state index in [2.05, 4.69) is 27.9 Å². The van der Waals surface area contributed by atoms with Crippen molar-refractivity contribution in [1.82, 2.24) is 0 Å². The van der Waals surface area contributed by atoms with Gasteiger partial charge in [-0.3, -0.25) is 0 Å². The van der Waals surface area contributed by atoms with Gasteiger partial charge in [-0.25, -0.2) is 0 Å². The molecule has 0 aliphatic carbocycles. The van der Waals surface area contributed by atoms with Crippen LogP contribution in [0.4, 0.5) is 5.69 Å². The fourth-order valence-electron chi connectivity index (χ4n) is 1.07. The SMILES string of the molecule is COc1ccc(NCC(O)CCl)cc1I. The highest BCUT2D eigenvalue weighted by Crippen LogP contribution is 2.23. The highest BCUT2D eigenvalue weighted by atomic mass is 127. The minimum Gasteiger partial charge on any atom is -0.496 e. The molecule has 0 aliphatic rings. The van der Waals surface area contributed by atoms with Crippen LogP contribution in [-0.2, 0) is 0 Å². The molecule has 0 amide bonds. The smallest absolute Gasteiger partial charge is 0.132 e. The summed E-state index contributed by atoms with van der Waals surface area (Å²) in [6.07, 6.45) is -0.522. The van der Waals surface area contributed by atoms with Gasteiger partial charge in [0.05, 0.1) is 22.7 Å². The first kappa shape index (κ1) is 12.9. The normalized spacial score (nSPS) is 12.3. The molecule has 0 radical (unpaired) electrons. The van der Waals surface area contributed by atoms with Crippen LogP contribution in [0.2, 0.25) is 0 Å². The second kappa shape index (κ2) is 6.40. The molecule has 0 heterocycles. The molecule has 0 fully saturated rings. The lowest BCUT2D eigenvalue weighted by Gasteiger charge is -2.11. The molecule has 15 heavy (non-hydrogen) atoms. The molecule has 1 aromatic rings. The minimum atomic E-state index is -0.522. The Morgan fingerprint density at radius 2 is 2.33 bits per heavy atom. The zero-order chi connectivity index (χ0) is 11.3. The quantitative estimate of drug-likeness (QED) is 0.638. The second-order valence-corrected chi connectivity index (χ2v) is 4.51. The molecule has 1 aromatic carbocycles. The number of nitrogens with one attached hydrogen (secondary N) is 1. The van der Waals surface area contributed by atoms with Gasteiger partial charge in [0.1, 0.15) is 5.75 Å². The summed E-state index contributed by atoms with van der Waals surface area (Å²) in [5.74, 6) is 1.08. The minimum absolute atomic E-state index is 0.236. The van der Waals surface area contributed by atoms with Crippen LogP contribution < -0.4 is 10.1 Å². The number of hydrogen-bond donors (Lipinski definition) is 2. The molecule has 0 bridgehead atoms. The lowest BCUT2D eigenvalue weighted by Crippen LogP contribution is -2.20. The van der Waals surface area contributed by atoms with E-state index in [4.69, 9.17) is 16.3 Å². The van der Waals surface area contributed by atoms with E-state index in [-0.39, 0.29) is 5.88 Å². The Labute approximate surface area is 108 Å². The van der Waals surface area contributed by atoms with Gasteiger partial charge in [0.2, 0.25) is 0 Å². The molecule has 3 nitrogen and oxygen atoms in total. The van der Waals surface area contributed by atoms with Gasteiger partial charge in [0.15, 0.2) is 0 Å². The Morgan fingerprint density at radius 1 is 1.60 bits per heavy atom. The molecule has 1 rings (SSSR count). The standard InChI is InChI=1S/C10H13ClINO2/c1-15-10-3-2-7(4-9(10)12)13-6-8(14)5-11/h2-4,8,13-14H,5-6H2,1H3. The Balaban J connectivity index is 2.59. The number of alkyl halides is 1. The molecule has 0 aromatic heterocycles. The molecule has 0 saturated carbocycles. The van der Waals surface area contributed by atoms with Crippen molar-refractivity contribution >= 4 is 39.9 Å². The largest absolute Gasteiger partial charge is 0.496 e. The van der Waals surface area contributed by atoms with Gasteiger partial charge in [-0.2, -0.15) is 0 Å². The van der Waals surface area contributed by atoms with E-state index in [9.17, 15) is 5.11 Å². The van der Waals surface area contributed by atoms with E-state index >= 15 is 0 Å². The van der Waals surface area contributed by atoms with E-state index in [0.717, 1.165) is 15.0 Å². The second-order valence-electron chi connectivity index (χ2n) is 3.04. The maximum Gasteiger partial charge on any atom is 0.132 e. The number of anilines is 1. The first-order valence-corrected chi connectivity index (χ1v) is 6.10. The topological polar surface area (TPSA) is 41.5 Å². The van der Waals surface area contributed by atoms with Gasteiger partial charge in [-0.15, -0.1) is 11.6 Å². The zero-order valence-electron chi connectivity index (χ0n) is 8.34. The van der Waals surface area contributed by atoms with E-state index in [0.29, 0.717) is 6.54 Å². The predicted octanol–water partition coefficient (Wildman–Crippen LogP) is 2.31. The van der Waals surface area contributed by atoms with Gasteiger partial charge in [0, 0.05) is 12.2 Å². The van der Waals surface area contributed by atoms with Crippen molar-refractivity contribution < 1.29 is 9.84 Å². The van der Waals surface area contributed by atoms with E-state index in [1.165, 1.54) is 0 Å². The highest BCUT2D eigenvalue weighted by molar-refractivity contribution is 14.1. The first-order chi connectivity index (χ1) is 7.17. The van der Waals surface area contributed by atoms with Crippen molar-refractivity contribution in [1.29, 1.82) is 0 Å². The van der Waals surface area contributed by atoms with Crippen LogP contribution >= 0.6 is 34.2 Å². The summed E-state index contributed by atoms with van der Waals surface area (Å²) in [5.41, 5.74) is 0.948. The molecule has 0 spiro atoms. The molecule has 84 valence electrons. The number of halogens is 2. The zero-order valence-corrected chi connectivity index (χ0v) is 11.2. The highest BCUT2D eigenvalue weighted by Gasteiger charge is 2.03. The molecular formula is C10H13ClINO2. The predicted molar refractivity (Wildman–Crippen MR) is 70.9 cm³/mol. The van der Waals surface area contributed by atoms with Crippen LogP contribution in [0.1, 0.15) is 0 Å². The lowest BCUT2D eigenvalue weighted by atomic mass is 10.3. The third-order valence-electron chi connectivity index (χ3n) is 1.87. The van der Waals surface area contributed by atoms with Gasteiger partial charge in [0.25, 0.3) is 0 Å². The van der Waals surface area contributed by atoms with E-state index < -0.39 is 6.10 Å². The van der Waals surface area contributed by atoms with Crippen molar-refractivity contribution in [2.75, 3.05) is 24.9 Å². The average molecular weight is 342 g/mol. The molecular weight excluding hydrogens is 328 g/mol. The van der Waals surface area contributed by atoms with Crippen LogP contribution in [0, 0.1) is 3.57 Å². The molecule has 1 atom stereocenters. The third kappa shape index (κ3) is 4.04. The van der Waals surface area contributed by atoms with Crippen molar-refractivity contribution in [3.05, 3.63) is 21.8 Å². The fourth-order valence-corrected chi connectivity index (χ4v) is 1.91. The summed E-state index contributed by atoms with van der Waals surface area (Å²) < 4.78 is 6.17. The fraction of sp³-hybridized carbons (Fsp3) is 0.400. The Kier molecular flexibility index (Phi) is 5.49. The molecule has 0 saturated heterocycles. The average Bonchev–Trinajstić information content (AvgIpc) is 2.26. The summed E-state index contributed by atoms with van der Waals surface area (Å²) in [6.45, 7) is 0.450. The molecule has 5 heteroatoms. The van der Waals surface area contributed by atoms with Gasteiger partial charge >= 0.3 is 0 Å². The number of rotatable bonds is 5. The van der Waals surface area contributed by atoms with E-state index in [1.54, 1.807) is 7.11 Å². The summed E-state index contributed by atoms with van der Waals surface area (Å²) in [7, 11) is 1.64. The lowest BCUT2D eigenvalue weighted by molar-refractivity contribution is 0.211. The number of aliphatic hydroxyl groups is 1. The maximum atomic E-state index is 9.27. The molecule has 0 aliphatic heterocycles. The summed E-state index contributed by atoms with van der Waals surface area (Å²) >= 11 is 7.68. The van der Waals surface area contributed by atoms with Crippen molar-refractivity contribution in [3.63, 3.8) is 0 Å². The van der Waals surface area contributed by atoms with Gasteiger partial charge in [-0.1, -0.05) is 0 Å². The molecule has 1 unspecified atom stereocenters. The van der Waals surface area contributed by atoms with Gasteiger partial charge < -0.3 is 15.2 Å². The summed E-state index contributed by atoms with van der Waals surface area (Å²) in [6, 6.07) is 5.75. The van der Waals surface area contributed by atoms with Crippen molar-refractivity contribution in [2.24, 2.45) is 0 Å². The van der Waals surface area contributed by atoms with Crippen molar-refractivity contribution in [3.8, 4) is 5.75 Å². The Hall–Kier alpha value is -0.200. The number of ether oxygens (including phenoxy) is 1.